The second kappa shape index (κ2) is 8.03. The first-order chi connectivity index (χ1) is 8.72. The summed E-state index contributed by atoms with van der Waals surface area (Å²) in [5.74, 6) is 0.328. The van der Waals surface area contributed by atoms with Gasteiger partial charge in [0, 0.05) is 18.7 Å². The number of hydrogen-bond donors (Lipinski definition) is 1. The summed E-state index contributed by atoms with van der Waals surface area (Å²) in [7, 11) is 0. The van der Waals surface area contributed by atoms with Crippen molar-refractivity contribution in [3.05, 3.63) is 23.6 Å². The number of halogens is 1. The molecular weight excluding hydrogens is 231 g/mol. The molecule has 0 fully saturated rings. The molecule has 0 aliphatic heterocycles. The molecule has 0 saturated heterocycles. The maximum atomic E-state index is 13.1. The fourth-order valence-corrected chi connectivity index (χ4v) is 1.90. The predicted molar refractivity (Wildman–Crippen MR) is 72.1 cm³/mol. The molecule has 0 spiro atoms. The third kappa shape index (κ3) is 4.26. The zero-order chi connectivity index (χ0) is 13.4. The van der Waals surface area contributed by atoms with Gasteiger partial charge in [0.15, 0.2) is 0 Å². The van der Waals surface area contributed by atoms with E-state index in [1.807, 2.05) is 0 Å². The Hall–Kier alpha value is -1.16. The lowest BCUT2D eigenvalue weighted by molar-refractivity contribution is 0.281. The number of aliphatic hydroxyl groups excluding tert-OH is 1. The second-order valence-electron chi connectivity index (χ2n) is 4.49. The molecular formula is C14H23FN2O. The minimum Gasteiger partial charge on any atom is -0.392 e. The van der Waals surface area contributed by atoms with Gasteiger partial charge in [-0.15, -0.1) is 0 Å². The van der Waals surface area contributed by atoms with Gasteiger partial charge in [-0.25, -0.2) is 9.37 Å². The molecule has 3 nitrogen and oxygen atoms in total. The average molecular weight is 254 g/mol. The number of unbranched alkanes of at least 4 members (excludes halogenated alkanes) is 2. The Kier molecular flexibility index (Phi) is 6.65. The summed E-state index contributed by atoms with van der Waals surface area (Å²) in [6, 6.07) is 1.37. The summed E-state index contributed by atoms with van der Waals surface area (Å²) in [5, 5.41) is 9.31. The number of pyridine rings is 1. The molecule has 0 radical (unpaired) electrons. The van der Waals surface area contributed by atoms with Crippen LogP contribution >= 0.6 is 0 Å². The molecule has 0 aliphatic rings. The van der Waals surface area contributed by atoms with Gasteiger partial charge < -0.3 is 10.0 Å². The molecule has 0 unspecified atom stereocenters. The summed E-state index contributed by atoms with van der Waals surface area (Å²) in [6.07, 6.45) is 5.59. The minimum absolute atomic E-state index is 0.172. The van der Waals surface area contributed by atoms with Crippen molar-refractivity contribution in [3.63, 3.8) is 0 Å². The smallest absolute Gasteiger partial charge is 0.142 e. The number of aromatic nitrogens is 1. The molecule has 4 heteroatoms. The Bertz CT molecular complexity index is 350. The molecule has 0 saturated carbocycles. The number of nitrogens with zero attached hydrogens (tertiary/aromatic N) is 2. The lowest BCUT2D eigenvalue weighted by Crippen LogP contribution is -2.27. The summed E-state index contributed by atoms with van der Waals surface area (Å²) in [6.45, 7) is 5.92. The van der Waals surface area contributed by atoms with Crippen molar-refractivity contribution < 1.29 is 9.50 Å². The van der Waals surface area contributed by atoms with Gasteiger partial charge in [-0.1, -0.05) is 26.7 Å². The Morgan fingerprint density at radius 2 is 1.83 bits per heavy atom. The highest BCUT2D eigenvalue weighted by Crippen LogP contribution is 2.19. The Balaban J connectivity index is 2.88. The van der Waals surface area contributed by atoms with Crippen molar-refractivity contribution in [1.29, 1.82) is 0 Å². The molecule has 1 N–H and O–H groups in total. The monoisotopic (exact) mass is 254 g/mol. The van der Waals surface area contributed by atoms with E-state index in [0.29, 0.717) is 5.56 Å². The average Bonchev–Trinajstić information content (AvgIpc) is 2.39. The van der Waals surface area contributed by atoms with Crippen LogP contribution in [-0.2, 0) is 6.61 Å². The summed E-state index contributed by atoms with van der Waals surface area (Å²) in [5.41, 5.74) is 0.571. The van der Waals surface area contributed by atoms with E-state index in [4.69, 9.17) is 0 Å². The van der Waals surface area contributed by atoms with Crippen molar-refractivity contribution in [3.8, 4) is 0 Å². The van der Waals surface area contributed by atoms with Crippen LogP contribution in [-0.4, -0.2) is 23.2 Å². The van der Waals surface area contributed by atoms with E-state index in [2.05, 4.69) is 23.7 Å². The van der Waals surface area contributed by atoms with Gasteiger partial charge in [-0.3, -0.25) is 0 Å². The van der Waals surface area contributed by atoms with Gasteiger partial charge in [-0.05, 0) is 18.9 Å². The number of hydrogen-bond acceptors (Lipinski definition) is 3. The third-order valence-corrected chi connectivity index (χ3v) is 2.94. The van der Waals surface area contributed by atoms with Crippen LogP contribution in [0.25, 0.3) is 0 Å². The van der Waals surface area contributed by atoms with Crippen molar-refractivity contribution in [2.75, 3.05) is 18.0 Å². The van der Waals surface area contributed by atoms with E-state index in [-0.39, 0.29) is 6.61 Å². The fraction of sp³-hybridized carbons (Fsp3) is 0.643. The van der Waals surface area contributed by atoms with Gasteiger partial charge in [-0.2, -0.15) is 0 Å². The van der Waals surface area contributed by atoms with Gasteiger partial charge >= 0.3 is 0 Å². The normalized spacial score (nSPS) is 10.7. The first-order valence-electron chi connectivity index (χ1n) is 6.73. The van der Waals surface area contributed by atoms with E-state index in [9.17, 15) is 9.50 Å². The molecule has 102 valence electrons. The van der Waals surface area contributed by atoms with E-state index in [1.165, 1.54) is 12.3 Å². The highest BCUT2D eigenvalue weighted by atomic mass is 19.1. The van der Waals surface area contributed by atoms with E-state index in [1.54, 1.807) is 0 Å². The summed E-state index contributed by atoms with van der Waals surface area (Å²) >= 11 is 0. The highest BCUT2D eigenvalue weighted by Gasteiger charge is 2.12. The van der Waals surface area contributed by atoms with E-state index in [0.717, 1.165) is 44.6 Å². The van der Waals surface area contributed by atoms with Gasteiger partial charge in [0.1, 0.15) is 11.6 Å². The number of rotatable bonds is 8. The largest absolute Gasteiger partial charge is 0.392 e. The Morgan fingerprint density at radius 3 is 2.33 bits per heavy atom. The molecule has 0 atom stereocenters. The van der Waals surface area contributed by atoms with Crippen LogP contribution in [0.5, 0.6) is 0 Å². The highest BCUT2D eigenvalue weighted by molar-refractivity contribution is 5.46. The topological polar surface area (TPSA) is 36.4 Å². The molecule has 0 amide bonds. The predicted octanol–water partition coefficient (Wildman–Crippen LogP) is 3.12. The number of aliphatic hydroxyl groups is 1. The van der Waals surface area contributed by atoms with Crippen LogP contribution in [0.4, 0.5) is 10.2 Å². The summed E-state index contributed by atoms with van der Waals surface area (Å²) < 4.78 is 13.1. The standard InChI is InChI=1S/C14H23FN2O/c1-3-5-7-17(8-6-4-2)14-12(11-18)9-13(15)10-16-14/h9-10,18H,3-8,11H2,1-2H3. The molecule has 1 aromatic rings. The zero-order valence-electron chi connectivity index (χ0n) is 11.3. The lowest BCUT2D eigenvalue weighted by Gasteiger charge is -2.25. The van der Waals surface area contributed by atoms with Crippen LogP contribution in [0.3, 0.4) is 0 Å². The van der Waals surface area contributed by atoms with Crippen molar-refractivity contribution in [2.24, 2.45) is 0 Å². The molecule has 1 aromatic heterocycles. The number of anilines is 1. The first kappa shape index (κ1) is 14.9. The third-order valence-electron chi connectivity index (χ3n) is 2.94. The Labute approximate surface area is 109 Å². The van der Waals surface area contributed by atoms with Crippen LogP contribution in [0.1, 0.15) is 45.1 Å². The molecule has 1 rings (SSSR count). The molecule has 0 bridgehead atoms. The van der Waals surface area contributed by atoms with Crippen LogP contribution in [0.15, 0.2) is 12.3 Å². The lowest BCUT2D eigenvalue weighted by atomic mass is 10.2. The molecule has 0 aromatic carbocycles. The zero-order valence-corrected chi connectivity index (χ0v) is 11.3. The van der Waals surface area contributed by atoms with Gasteiger partial charge in [0.25, 0.3) is 0 Å². The Morgan fingerprint density at radius 1 is 1.22 bits per heavy atom. The van der Waals surface area contributed by atoms with E-state index >= 15 is 0 Å². The van der Waals surface area contributed by atoms with E-state index < -0.39 is 5.82 Å². The molecule has 0 aliphatic carbocycles. The second-order valence-corrected chi connectivity index (χ2v) is 4.49. The fourth-order valence-electron chi connectivity index (χ4n) is 1.90. The van der Waals surface area contributed by atoms with Gasteiger partial charge in [0.05, 0.1) is 12.8 Å². The summed E-state index contributed by atoms with van der Waals surface area (Å²) in [4.78, 5) is 6.30. The quantitative estimate of drug-likeness (QED) is 0.774. The van der Waals surface area contributed by atoms with Crippen molar-refractivity contribution >= 4 is 5.82 Å². The van der Waals surface area contributed by atoms with Crippen molar-refractivity contribution in [2.45, 2.75) is 46.1 Å². The maximum absolute atomic E-state index is 13.1. The van der Waals surface area contributed by atoms with Crippen molar-refractivity contribution in [1.82, 2.24) is 4.98 Å². The van der Waals surface area contributed by atoms with Gasteiger partial charge in [0.2, 0.25) is 0 Å². The van der Waals surface area contributed by atoms with Crippen LogP contribution in [0.2, 0.25) is 0 Å². The maximum Gasteiger partial charge on any atom is 0.142 e. The molecule has 18 heavy (non-hydrogen) atoms. The van der Waals surface area contributed by atoms with Crippen LogP contribution < -0.4 is 4.90 Å². The van der Waals surface area contributed by atoms with Crippen LogP contribution in [0, 0.1) is 5.82 Å². The first-order valence-corrected chi connectivity index (χ1v) is 6.73. The minimum atomic E-state index is -0.395. The molecule has 1 heterocycles. The SMILES string of the molecule is CCCCN(CCCC)c1ncc(F)cc1CO.